The Balaban J connectivity index is 1.76. The Labute approximate surface area is 118 Å². The Morgan fingerprint density at radius 1 is 1.50 bits per heavy atom. The zero-order valence-corrected chi connectivity index (χ0v) is 11.7. The molecule has 3 heterocycles. The summed E-state index contributed by atoms with van der Waals surface area (Å²) < 4.78 is 0. The molecular formula is C15H19N3O2. The fourth-order valence-electron chi connectivity index (χ4n) is 3.14. The van der Waals surface area contributed by atoms with E-state index < -0.39 is 5.97 Å². The number of aromatic nitrogens is 1. The molecule has 1 atom stereocenters. The van der Waals surface area contributed by atoms with Crippen LogP contribution in [0.1, 0.15) is 41.6 Å². The molecule has 1 aromatic rings. The molecule has 2 aliphatic heterocycles. The Morgan fingerprint density at radius 3 is 3.10 bits per heavy atom. The number of piperidine rings is 1. The average molecular weight is 273 g/mol. The van der Waals surface area contributed by atoms with E-state index in [1.165, 1.54) is 25.5 Å². The number of rotatable bonds is 3. The Morgan fingerprint density at radius 2 is 2.35 bits per heavy atom. The van der Waals surface area contributed by atoms with Gasteiger partial charge in [-0.1, -0.05) is 6.42 Å². The van der Waals surface area contributed by atoms with Gasteiger partial charge >= 0.3 is 5.97 Å². The van der Waals surface area contributed by atoms with Gasteiger partial charge in [0, 0.05) is 36.4 Å². The second-order valence-corrected chi connectivity index (χ2v) is 5.65. The predicted molar refractivity (Wildman–Crippen MR) is 76.9 cm³/mol. The third-order valence-electron chi connectivity index (χ3n) is 4.30. The van der Waals surface area contributed by atoms with Gasteiger partial charge in [-0.3, -0.25) is 0 Å². The van der Waals surface area contributed by atoms with Crippen LogP contribution in [0, 0.1) is 0 Å². The highest BCUT2D eigenvalue weighted by Crippen LogP contribution is 2.30. The highest BCUT2D eigenvalue weighted by Gasteiger charge is 2.26. The molecular weight excluding hydrogens is 254 g/mol. The third-order valence-corrected chi connectivity index (χ3v) is 4.30. The molecule has 1 aromatic heterocycles. The predicted octanol–water partition coefficient (Wildman–Crippen LogP) is 2.28. The number of likely N-dealkylation sites (tertiary alicyclic amines) is 1. The standard InChI is InChI=1S/C15H19N3O2/c1-18-7-3-2-4-11(18)8-10-9-13-12(15(19)20)5-6-16-14(13)17-10/h5-6,11H,2-4,7-9H2,1H3,(H,19,20). The van der Waals surface area contributed by atoms with Gasteiger partial charge in [0.2, 0.25) is 0 Å². The maximum absolute atomic E-state index is 11.2. The molecule has 1 fully saturated rings. The van der Waals surface area contributed by atoms with Crippen LogP contribution in [0.15, 0.2) is 17.3 Å². The van der Waals surface area contributed by atoms with Crippen LogP contribution in [0.4, 0.5) is 5.82 Å². The molecule has 1 unspecified atom stereocenters. The molecule has 0 aliphatic carbocycles. The molecule has 0 aromatic carbocycles. The highest BCUT2D eigenvalue weighted by atomic mass is 16.4. The van der Waals surface area contributed by atoms with Gasteiger partial charge < -0.3 is 10.0 Å². The summed E-state index contributed by atoms with van der Waals surface area (Å²) in [5.41, 5.74) is 2.18. The average Bonchev–Trinajstić information content (AvgIpc) is 2.83. The molecule has 0 bridgehead atoms. The Hall–Kier alpha value is -1.75. The lowest BCUT2D eigenvalue weighted by molar-refractivity contribution is 0.0696. The fourth-order valence-corrected chi connectivity index (χ4v) is 3.14. The van der Waals surface area contributed by atoms with E-state index in [-0.39, 0.29) is 0 Å². The number of hydrogen-bond donors (Lipinski definition) is 1. The van der Waals surface area contributed by atoms with Crippen LogP contribution in [0.5, 0.6) is 0 Å². The minimum atomic E-state index is -0.894. The first-order valence-corrected chi connectivity index (χ1v) is 7.13. The van der Waals surface area contributed by atoms with E-state index in [2.05, 4.69) is 21.9 Å². The van der Waals surface area contributed by atoms with Crippen LogP contribution in [0.2, 0.25) is 0 Å². The fraction of sp³-hybridized carbons (Fsp3) is 0.533. The number of fused-ring (bicyclic) bond motifs is 1. The van der Waals surface area contributed by atoms with Crippen molar-refractivity contribution in [3.05, 3.63) is 23.4 Å². The maximum Gasteiger partial charge on any atom is 0.336 e. The van der Waals surface area contributed by atoms with Gasteiger partial charge in [0.25, 0.3) is 0 Å². The summed E-state index contributed by atoms with van der Waals surface area (Å²) in [6, 6.07) is 2.09. The van der Waals surface area contributed by atoms with Crippen molar-refractivity contribution in [2.45, 2.75) is 38.1 Å². The van der Waals surface area contributed by atoms with Gasteiger partial charge in [0.05, 0.1) is 5.56 Å². The van der Waals surface area contributed by atoms with Crippen molar-refractivity contribution >= 4 is 17.5 Å². The largest absolute Gasteiger partial charge is 0.478 e. The van der Waals surface area contributed by atoms with Crippen LogP contribution in [0.3, 0.4) is 0 Å². The lowest BCUT2D eigenvalue weighted by atomic mass is 9.95. The molecule has 3 rings (SSSR count). The first-order valence-electron chi connectivity index (χ1n) is 7.13. The third kappa shape index (κ3) is 2.45. The number of carbonyl (C=O) groups is 1. The van der Waals surface area contributed by atoms with Crippen LogP contribution >= 0.6 is 0 Å². The molecule has 0 saturated carbocycles. The number of pyridine rings is 1. The van der Waals surface area contributed by atoms with Gasteiger partial charge in [-0.2, -0.15) is 0 Å². The van der Waals surface area contributed by atoms with Crippen molar-refractivity contribution < 1.29 is 9.90 Å². The van der Waals surface area contributed by atoms with E-state index in [9.17, 15) is 9.90 Å². The second-order valence-electron chi connectivity index (χ2n) is 5.65. The summed E-state index contributed by atoms with van der Waals surface area (Å²) in [6.07, 6.45) is 6.83. The monoisotopic (exact) mass is 273 g/mol. The summed E-state index contributed by atoms with van der Waals surface area (Å²) in [7, 11) is 2.16. The summed E-state index contributed by atoms with van der Waals surface area (Å²) in [4.78, 5) is 22.4. The number of aliphatic imine (C=N–C) groups is 1. The van der Waals surface area contributed by atoms with Crippen molar-refractivity contribution in [2.75, 3.05) is 13.6 Å². The zero-order chi connectivity index (χ0) is 14.1. The molecule has 0 radical (unpaired) electrons. The lowest BCUT2D eigenvalue weighted by Crippen LogP contribution is -2.37. The van der Waals surface area contributed by atoms with Crippen molar-refractivity contribution in [1.29, 1.82) is 0 Å². The van der Waals surface area contributed by atoms with Gasteiger partial charge in [0.1, 0.15) is 0 Å². The summed E-state index contributed by atoms with van der Waals surface area (Å²) >= 11 is 0. The van der Waals surface area contributed by atoms with Crippen LogP contribution in [-0.4, -0.2) is 46.3 Å². The van der Waals surface area contributed by atoms with Crippen molar-refractivity contribution in [3.63, 3.8) is 0 Å². The van der Waals surface area contributed by atoms with E-state index in [4.69, 9.17) is 0 Å². The minimum absolute atomic E-state index is 0.339. The molecule has 0 spiro atoms. The number of carboxylic acid groups (broad SMARTS) is 1. The molecule has 1 N–H and O–H groups in total. The normalized spacial score (nSPS) is 22.4. The molecule has 0 amide bonds. The van der Waals surface area contributed by atoms with Crippen molar-refractivity contribution in [2.24, 2.45) is 4.99 Å². The first-order chi connectivity index (χ1) is 9.65. The van der Waals surface area contributed by atoms with Crippen LogP contribution < -0.4 is 0 Å². The smallest absolute Gasteiger partial charge is 0.336 e. The molecule has 5 nitrogen and oxygen atoms in total. The summed E-state index contributed by atoms with van der Waals surface area (Å²) in [6.45, 7) is 1.14. The van der Waals surface area contributed by atoms with E-state index in [1.807, 2.05) is 0 Å². The number of aromatic carboxylic acids is 1. The van der Waals surface area contributed by atoms with Gasteiger partial charge in [0.15, 0.2) is 5.82 Å². The number of carboxylic acids is 1. The Kier molecular flexibility index (Phi) is 3.53. The topological polar surface area (TPSA) is 65.8 Å². The molecule has 106 valence electrons. The molecule has 1 saturated heterocycles. The minimum Gasteiger partial charge on any atom is -0.478 e. The van der Waals surface area contributed by atoms with Crippen LogP contribution in [0.25, 0.3) is 0 Å². The van der Waals surface area contributed by atoms with Gasteiger partial charge in [-0.15, -0.1) is 0 Å². The van der Waals surface area contributed by atoms with Crippen molar-refractivity contribution in [3.8, 4) is 0 Å². The first kappa shape index (κ1) is 13.2. The maximum atomic E-state index is 11.2. The summed E-state index contributed by atoms with van der Waals surface area (Å²) in [5.74, 6) is -0.298. The van der Waals surface area contributed by atoms with E-state index in [0.29, 0.717) is 23.8 Å². The number of hydrogen-bond acceptors (Lipinski definition) is 4. The molecule has 2 aliphatic rings. The zero-order valence-electron chi connectivity index (χ0n) is 11.7. The Bertz CT molecular complexity index is 568. The van der Waals surface area contributed by atoms with E-state index in [1.54, 1.807) is 6.07 Å². The van der Waals surface area contributed by atoms with Gasteiger partial charge in [-0.25, -0.2) is 14.8 Å². The highest BCUT2D eigenvalue weighted by molar-refractivity contribution is 5.99. The second kappa shape index (κ2) is 5.32. The van der Waals surface area contributed by atoms with Crippen LogP contribution in [-0.2, 0) is 6.42 Å². The summed E-state index contributed by atoms with van der Waals surface area (Å²) in [5, 5.41) is 9.21. The van der Waals surface area contributed by atoms with E-state index >= 15 is 0 Å². The molecule has 5 heteroatoms. The van der Waals surface area contributed by atoms with E-state index in [0.717, 1.165) is 24.2 Å². The lowest BCUT2D eigenvalue weighted by Gasteiger charge is -2.32. The molecule has 20 heavy (non-hydrogen) atoms. The van der Waals surface area contributed by atoms with Crippen molar-refractivity contribution in [1.82, 2.24) is 9.88 Å². The quantitative estimate of drug-likeness (QED) is 0.917. The van der Waals surface area contributed by atoms with Gasteiger partial charge in [-0.05, 0) is 32.5 Å². The number of nitrogens with zero attached hydrogens (tertiary/aromatic N) is 3. The SMILES string of the molecule is CN1CCCCC1CC1=Nc2nccc(C(=O)O)c2C1.